The molecule has 0 radical (unpaired) electrons. The minimum Gasteiger partial charge on any atom is -0.324 e. The van der Waals surface area contributed by atoms with E-state index < -0.39 is 0 Å². The van der Waals surface area contributed by atoms with Gasteiger partial charge in [-0.05, 0) is 47.2 Å². The number of halogens is 2. The summed E-state index contributed by atoms with van der Waals surface area (Å²) in [6.07, 6.45) is 0.966. The molecule has 0 aliphatic rings. The molecule has 0 atom stereocenters. The predicted octanol–water partition coefficient (Wildman–Crippen LogP) is 2.59. The topological polar surface area (TPSA) is 62.4 Å². The number of nitrogens with two attached hydrogens (primary N) is 1. The Morgan fingerprint density at radius 2 is 2.31 bits per heavy atom. The van der Waals surface area contributed by atoms with E-state index in [9.17, 15) is 0 Å². The molecule has 0 saturated carbocycles. The molecule has 6 heteroatoms. The molecule has 16 heavy (non-hydrogen) atoms. The highest BCUT2D eigenvalue weighted by Crippen LogP contribution is 2.23. The van der Waals surface area contributed by atoms with Crippen molar-refractivity contribution in [2.75, 3.05) is 11.9 Å². The van der Waals surface area contributed by atoms with Gasteiger partial charge >= 0.3 is 0 Å². The first-order chi connectivity index (χ1) is 7.67. The van der Waals surface area contributed by atoms with E-state index in [1.807, 2.05) is 18.2 Å². The monoisotopic (exact) mass is 352 g/mol. The number of anilines is 1. The number of hydrogen-bond acceptors (Lipinski definition) is 2. The van der Waals surface area contributed by atoms with Crippen molar-refractivity contribution in [3.63, 3.8) is 0 Å². The minimum absolute atomic E-state index is 0.518. The highest BCUT2D eigenvalue weighted by molar-refractivity contribution is 14.1. The number of benzene rings is 1. The fourth-order valence-electron chi connectivity index (χ4n) is 1.06. The lowest BCUT2D eigenvalue weighted by Crippen LogP contribution is -2.36. The molecular formula is C10H14ClIN4. The molecule has 4 N–H and O–H groups in total. The van der Waals surface area contributed by atoms with Crippen molar-refractivity contribution in [2.24, 2.45) is 10.8 Å². The number of aliphatic imine (C=N–C) groups is 1. The van der Waals surface area contributed by atoms with Gasteiger partial charge in [-0.15, -0.1) is 0 Å². The fraction of sp³-hybridized carbons (Fsp3) is 0.300. The fourth-order valence-corrected chi connectivity index (χ4v) is 1.97. The number of hydrogen-bond donors (Lipinski definition) is 3. The second-order valence-electron chi connectivity index (χ2n) is 3.12. The van der Waals surface area contributed by atoms with Gasteiger partial charge in [0, 0.05) is 10.1 Å². The molecule has 0 spiro atoms. The van der Waals surface area contributed by atoms with Crippen LogP contribution in [0.3, 0.4) is 0 Å². The number of nitrogens with one attached hydrogen (secondary N) is 2. The summed E-state index contributed by atoms with van der Waals surface area (Å²) in [6.45, 7) is 2.77. The highest BCUT2D eigenvalue weighted by Gasteiger charge is 2.03. The first-order valence-corrected chi connectivity index (χ1v) is 6.36. The van der Waals surface area contributed by atoms with Crippen LogP contribution in [-0.2, 0) is 0 Å². The predicted molar refractivity (Wildman–Crippen MR) is 77.7 cm³/mol. The molecule has 0 saturated heterocycles. The van der Waals surface area contributed by atoms with Gasteiger partial charge in [-0.2, -0.15) is 0 Å². The molecule has 1 aromatic carbocycles. The summed E-state index contributed by atoms with van der Waals surface area (Å²) in [6, 6.07) is 5.73. The standard InChI is InChI=1S/C10H14ClIN4/c1-2-5-14-10(16-13)15-9-4-3-7(12)6-8(9)11/h3-4,6H,2,5,13H2,1H3,(H2,14,15,16). The molecule has 0 aliphatic heterocycles. The molecule has 0 aromatic heterocycles. The van der Waals surface area contributed by atoms with Crippen LogP contribution in [0.25, 0.3) is 0 Å². The normalized spacial score (nSPS) is 11.4. The lowest BCUT2D eigenvalue weighted by Gasteiger charge is -2.10. The number of nitrogens with zero attached hydrogens (tertiary/aromatic N) is 1. The summed E-state index contributed by atoms with van der Waals surface area (Å²) in [5.41, 5.74) is 3.29. The molecule has 0 aliphatic carbocycles. The Morgan fingerprint density at radius 3 is 2.88 bits per heavy atom. The SMILES string of the molecule is CCCN=C(NN)Nc1ccc(I)cc1Cl. The third-order valence-electron chi connectivity index (χ3n) is 1.81. The number of hydrazine groups is 1. The molecular weight excluding hydrogens is 338 g/mol. The van der Waals surface area contributed by atoms with Crippen LogP contribution in [0.2, 0.25) is 5.02 Å². The summed E-state index contributed by atoms with van der Waals surface area (Å²) < 4.78 is 1.08. The third kappa shape index (κ3) is 4.15. The average Bonchev–Trinajstić information content (AvgIpc) is 2.27. The van der Waals surface area contributed by atoms with E-state index in [0.29, 0.717) is 17.5 Å². The zero-order valence-corrected chi connectivity index (χ0v) is 11.8. The van der Waals surface area contributed by atoms with Crippen molar-refractivity contribution in [3.8, 4) is 0 Å². The van der Waals surface area contributed by atoms with Crippen LogP contribution in [0.5, 0.6) is 0 Å². The molecule has 0 amide bonds. The lowest BCUT2D eigenvalue weighted by atomic mass is 10.3. The van der Waals surface area contributed by atoms with Gasteiger partial charge in [-0.1, -0.05) is 18.5 Å². The minimum atomic E-state index is 0.518. The van der Waals surface area contributed by atoms with Gasteiger partial charge in [0.15, 0.2) is 0 Å². The maximum absolute atomic E-state index is 6.07. The highest BCUT2D eigenvalue weighted by atomic mass is 127. The zero-order valence-electron chi connectivity index (χ0n) is 8.93. The Hall–Kier alpha value is -0.530. The maximum atomic E-state index is 6.07. The van der Waals surface area contributed by atoms with E-state index in [1.54, 1.807) is 0 Å². The molecule has 0 bridgehead atoms. The van der Waals surface area contributed by atoms with E-state index in [-0.39, 0.29) is 0 Å². The van der Waals surface area contributed by atoms with Crippen LogP contribution >= 0.6 is 34.2 Å². The van der Waals surface area contributed by atoms with Crippen LogP contribution in [0.15, 0.2) is 23.2 Å². The van der Waals surface area contributed by atoms with Crippen molar-refractivity contribution >= 4 is 45.8 Å². The average molecular weight is 353 g/mol. The van der Waals surface area contributed by atoms with E-state index >= 15 is 0 Å². The quantitative estimate of drug-likeness (QED) is 0.258. The van der Waals surface area contributed by atoms with Crippen LogP contribution in [-0.4, -0.2) is 12.5 Å². The van der Waals surface area contributed by atoms with Gasteiger partial charge in [0.05, 0.1) is 10.7 Å². The van der Waals surface area contributed by atoms with Gasteiger partial charge in [0.25, 0.3) is 0 Å². The Morgan fingerprint density at radius 1 is 1.56 bits per heavy atom. The van der Waals surface area contributed by atoms with Crippen molar-refractivity contribution in [2.45, 2.75) is 13.3 Å². The molecule has 0 unspecified atom stereocenters. The van der Waals surface area contributed by atoms with Crippen molar-refractivity contribution in [1.82, 2.24) is 5.43 Å². The molecule has 0 fully saturated rings. The molecule has 0 heterocycles. The Labute approximate surface area is 114 Å². The summed E-state index contributed by atoms with van der Waals surface area (Å²) in [4.78, 5) is 4.23. The lowest BCUT2D eigenvalue weighted by molar-refractivity contribution is 0.905. The smallest absolute Gasteiger partial charge is 0.210 e. The van der Waals surface area contributed by atoms with Crippen LogP contribution in [0.4, 0.5) is 5.69 Å². The van der Waals surface area contributed by atoms with Gasteiger partial charge < -0.3 is 5.32 Å². The number of guanidine groups is 1. The summed E-state index contributed by atoms with van der Waals surface area (Å²) in [5.74, 6) is 5.87. The first-order valence-electron chi connectivity index (χ1n) is 4.90. The molecule has 1 aromatic rings. The van der Waals surface area contributed by atoms with E-state index in [4.69, 9.17) is 17.4 Å². The summed E-state index contributed by atoms with van der Waals surface area (Å²) in [7, 11) is 0. The van der Waals surface area contributed by atoms with Gasteiger partial charge in [0.1, 0.15) is 0 Å². The molecule has 88 valence electrons. The van der Waals surface area contributed by atoms with Crippen LogP contribution in [0, 0.1) is 3.57 Å². The Bertz CT molecular complexity index is 381. The van der Waals surface area contributed by atoms with E-state index in [2.05, 4.69) is 45.2 Å². The second-order valence-corrected chi connectivity index (χ2v) is 4.78. The van der Waals surface area contributed by atoms with Crippen LogP contribution in [0.1, 0.15) is 13.3 Å². The van der Waals surface area contributed by atoms with E-state index in [1.165, 1.54) is 0 Å². The molecule has 1 rings (SSSR count). The summed E-state index contributed by atoms with van der Waals surface area (Å²) >= 11 is 8.28. The van der Waals surface area contributed by atoms with Gasteiger partial charge in [0.2, 0.25) is 5.96 Å². The van der Waals surface area contributed by atoms with Gasteiger partial charge in [-0.3, -0.25) is 10.4 Å². The van der Waals surface area contributed by atoms with Crippen molar-refractivity contribution in [1.29, 1.82) is 0 Å². The van der Waals surface area contributed by atoms with Crippen molar-refractivity contribution < 1.29 is 0 Å². The Balaban J connectivity index is 2.78. The van der Waals surface area contributed by atoms with Crippen molar-refractivity contribution in [3.05, 3.63) is 26.8 Å². The largest absolute Gasteiger partial charge is 0.324 e. The zero-order chi connectivity index (χ0) is 12.0. The molecule has 4 nitrogen and oxygen atoms in total. The second kappa shape index (κ2) is 6.93. The Kier molecular flexibility index (Phi) is 5.86. The number of rotatable bonds is 3. The first kappa shape index (κ1) is 13.5. The summed E-state index contributed by atoms with van der Waals surface area (Å²) in [5, 5.41) is 3.68. The third-order valence-corrected chi connectivity index (χ3v) is 2.80. The maximum Gasteiger partial charge on any atom is 0.210 e. The van der Waals surface area contributed by atoms with E-state index in [0.717, 1.165) is 15.7 Å². The van der Waals surface area contributed by atoms with Crippen LogP contribution < -0.4 is 16.6 Å². The van der Waals surface area contributed by atoms with Gasteiger partial charge in [-0.25, -0.2) is 5.84 Å².